The smallest absolute Gasteiger partial charge is 0.0372 e. The lowest BCUT2D eigenvalue weighted by Gasteiger charge is -1.96. The van der Waals surface area contributed by atoms with Crippen LogP contribution in [0.25, 0.3) is 0 Å². The van der Waals surface area contributed by atoms with E-state index in [1.807, 2.05) is 26.0 Å². The third-order valence-electron chi connectivity index (χ3n) is 1.28. The molecule has 0 atom stereocenters. The SMILES string of the molecule is C=C(CCC)N=C(C)/C=C\C. The lowest BCUT2D eigenvalue weighted by atomic mass is 10.3. The summed E-state index contributed by atoms with van der Waals surface area (Å²) in [6.07, 6.45) is 6.08. The van der Waals surface area contributed by atoms with Crippen molar-refractivity contribution in [1.82, 2.24) is 0 Å². The Labute approximate surface area is 69.5 Å². The Balaban J connectivity index is 3.96. The molecule has 62 valence electrons. The van der Waals surface area contributed by atoms with Crippen LogP contribution in [0.4, 0.5) is 0 Å². The van der Waals surface area contributed by atoms with Crippen LogP contribution in [-0.2, 0) is 0 Å². The Hall–Kier alpha value is -0.850. The molecule has 0 aromatic heterocycles. The van der Waals surface area contributed by atoms with Crippen molar-refractivity contribution >= 4 is 5.71 Å². The maximum Gasteiger partial charge on any atom is 0.0372 e. The Bertz CT molecular complexity index is 175. The third kappa shape index (κ3) is 5.59. The first kappa shape index (κ1) is 10.2. The average Bonchev–Trinajstić information content (AvgIpc) is 1.87. The van der Waals surface area contributed by atoms with Crippen LogP contribution in [0, 0.1) is 0 Å². The molecule has 0 aliphatic carbocycles. The Morgan fingerprint density at radius 2 is 2.18 bits per heavy atom. The summed E-state index contributed by atoms with van der Waals surface area (Å²) in [6, 6.07) is 0. The molecular formula is C10H17N. The predicted molar refractivity (Wildman–Crippen MR) is 52.0 cm³/mol. The van der Waals surface area contributed by atoms with Crippen molar-refractivity contribution in [3.05, 3.63) is 24.4 Å². The van der Waals surface area contributed by atoms with Gasteiger partial charge in [0.05, 0.1) is 0 Å². The van der Waals surface area contributed by atoms with Gasteiger partial charge < -0.3 is 0 Å². The standard InChI is InChI=1S/C10H17N/c1-5-7-9(3)11-10(4)8-6-2/h6,8H,3,5,7H2,1-2,4H3/b8-6-,11-10?. The van der Waals surface area contributed by atoms with Crippen molar-refractivity contribution in [2.45, 2.75) is 33.6 Å². The normalized spacial score (nSPS) is 12.5. The maximum absolute atomic E-state index is 4.29. The Kier molecular flexibility index (Phi) is 5.44. The second-order valence-corrected chi connectivity index (χ2v) is 2.57. The molecule has 0 N–H and O–H groups in total. The summed E-state index contributed by atoms with van der Waals surface area (Å²) < 4.78 is 0. The van der Waals surface area contributed by atoms with Crippen molar-refractivity contribution in [2.24, 2.45) is 4.99 Å². The van der Waals surface area contributed by atoms with E-state index in [4.69, 9.17) is 0 Å². The van der Waals surface area contributed by atoms with Gasteiger partial charge in [0.25, 0.3) is 0 Å². The highest BCUT2D eigenvalue weighted by atomic mass is 14.7. The average molecular weight is 151 g/mol. The Morgan fingerprint density at radius 1 is 1.55 bits per heavy atom. The zero-order valence-electron chi connectivity index (χ0n) is 7.72. The second kappa shape index (κ2) is 5.90. The van der Waals surface area contributed by atoms with Gasteiger partial charge in [0.15, 0.2) is 0 Å². The number of nitrogens with zero attached hydrogens (tertiary/aromatic N) is 1. The summed E-state index contributed by atoms with van der Waals surface area (Å²) in [7, 11) is 0. The molecule has 0 heterocycles. The first-order valence-corrected chi connectivity index (χ1v) is 4.06. The minimum Gasteiger partial charge on any atom is -0.259 e. The molecule has 0 saturated carbocycles. The monoisotopic (exact) mass is 151 g/mol. The number of allylic oxidation sites excluding steroid dienone is 3. The zero-order chi connectivity index (χ0) is 8.69. The molecule has 0 radical (unpaired) electrons. The van der Waals surface area contributed by atoms with Crippen molar-refractivity contribution in [2.75, 3.05) is 0 Å². The van der Waals surface area contributed by atoms with Gasteiger partial charge in [-0.3, -0.25) is 4.99 Å². The maximum atomic E-state index is 4.29. The molecule has 0 aliphatic rings. The van der Waals surface area contributed by atoms with Crippen LogP contribution >= 0.6 is 0 Å². The third-order valence-corrected chi connectivity index (χ3v) is 1.28. The highest BCUT2D eigenvalue weighted by molar-refractivity contribution is 5.93. The van der Waals surface area contributed by atoms with E-state index in [-0.39, 0.29) is 0 Å². The molecule has 0 aromatic carbocycles. The predicted octanol–water partition coefficient (Wildman–Crippen LogP) is 3.34. The van der Waals surface area contributed by atoms with Crippen LogP contribution in [0.15, 0.2) is 29.4 Å². The van der Waals surface area contributed by atoms with Crippen molar-refractivity contribution in [1.29, 1.82) is 0 Å². The number of aliphatic imine (C=N–C) groups is 1. The van der Waals surface area contributed by atoms with E-state index in [9.17, 15) is 0 Å². The molecule has 0 spiro atoms. The highest BCUT2D eigenvalue weighted by Gasteiger charge is 1.88. The van der Waals surface area contributed by atoms with Crippen LogP contribution in [0.5, 0.6) is 0 Å². The Morgan fingerprint density at radius 3 is 2.64 bits per heavy atom. The minimum absolute atomic E-state index is 0.975. The van der Waals surface area contributed by atoms with Crippen LogP contribution < -0.4 is 0 Å². The fourth-order valence-electron chi connectivity index (χ4n) is 0.872. The molecule has 0 bridgehead atoms. The lowest BCUT2D eigenvalue weighted by Crippen LogP contribution is -1.85. The molecule has 1 nitrogen and oxygen atoms in total. The summed E-state index contributed by atoms with van der Waals surface area (Å²) in [5, 5.41) is 0. The van der Waals surface area contributed by atoms with Crippen LogP contribution in [0.3, 0.4) is 0 Å². The number of rotatable bonds is 4. The number of hydrogen-bond donors (Lipinski definition) is 0. The first-order chi connectivity index (χ1) is 5.20. The van der Waals surface area contributed by atoms with Gasteiger partial charge in [0.1, 0.15) is 0 Å². The summed E-state index contributed by atoms with van der Waals surface area (Å²) in [6.45, 7) is 9.95. The zero-order valence-corrected chi connectivity index (χ0v) is 7.72. The molecule has 0 aliphatic heterocycles. The van der Waals surface area contributed by atoms with Crippen LogP contribution in [-0.4, -0.2) is 5.71 Å². The minimum atomic E-state index is 0.975. The summed E-state index contributed by atoms with van der Waals surface area (Å²) in [5.74, 6) is 0. The molecule has 0 unspecified atom stereocenters. The fourth-order valence-corrected chi connectivity index (χ4v) is 0.872. The topological polar surface area (TPSA) is 12.4 Å². The summed E-state index contributed by atoms with van der Waals surface area (Å²) in [4.78, 5) is 4.29. The van der Waals surface area contributed by atoms with Gasteiger partial charge >= 0.3 is 0 Å². The van der Waals surface area contributed by atoms with Crippen molar-refractivity contribution < 1.29 is 0 Å². The van der Waals surface area contributed by atoms with E-state index < -0.39 is 0 Å². The van der Waals surface area contributed by atoms with Gasteiger partial charge in [-0.15, -0.1) is 0 Å². The first-order valence-electron chi connectivity index (χ1n) is 4.06. The molecule has 1 heteroatoms. The summed E-state index contributed by atoms with van der Waals surface area (Å²) >= 11 is 0. The van der Waals surface area contributed by atoms with Gasteiger partial charge in [0, 0.05) is 11.4 Å². The van der Waals surface area contributed by atoms with E-state index in [2.05, 4.69) is 18.5 Å². The van der Waals surface area contributed by atoms with Gasteiger partial charge in [-0.25, -0.2) is 0 Å². The second-order valence-electron chi connectivity index (χ2n) is 2.57. The van der Waals surface area contributed by atoms with Gasteiger partial charge in [-0.1, -0.05) is 26.0 Å². The molecule has 0 amide bonds. The molecule has 0 aromatic rings. The van der Waals surface area contributed by atoms with E-state index in [1.54, 1.807) is 0 Å². The molecule has 0 rings (SSSR count). The van der Waals surface area contributed by atoms with Crippen molar-refractivity contribution in [3.8, 4) is 0 Å². The van der Waals surface area contributed by atoms with Crippen LogP contribution in [0.1, 0.15) is 33.6 Å². The molecule has 0 saturated heterocycles. The van der Waals surface area contributed by atoms with Gasteiger partial charge in [-0.2, -0.15) is 0 Å². The van der Waals surface area contributed by atoms with E-state index >= 15 is 0 Å². The van der Waals surface area contributed by atoms with E-state index in [0.29, 0.717) is 0 Å². The summed E-state index contributed by atoms with van der Waals surface area (Å²) in [5.41, 5.74) is 2.01. The van der Waals surface area contributed by atoms with E-state index in [0.717, 1.165) is 24.3 Å². The molecule has 11 heavy (non-hydrogen) atoms. The lowest BCUT2D eigenvalue weighted by molar-refractivity contribution is 0.897. The fraction of sp³-hybridized carbons (Fsp3) is 0.500. The van der Waals surface area contributed by atoms with Crippen LogP contribution in [0.2, 0.25) is 0 Å². The largest absolute Gasteiger partial charge is 0.259 e. The molecule has 0 fully saturated rings. The quantitative estimate of drug-likeness (QED) is 0.546. The number of hydrogen-bond acceptors (Lipinski definition) is 1. The van der Waals surface area contributed by atoms with Crippen molar-refractivity contribution in [3.63, 3.8) is 0 Å². The van der Waals surface area contributed by atoms with Gasteiger partial charge in [-0.05, 0) is 26.3 Å². The molecular weight excluding hydrogens is 134 g/mol. The van der Waals surface area contributed by atoms with Gasteiger partial charge in [0.2, 0.25) is 0 Å². The van der Waals surface area contributed by atoms with E-state index in [1.165, 1.54) is 0 Å². The highest BCUT2D eigenvalue weighted by Crippen LogP contribution is 2.03.